The number of hydrogen-bond acceptors (Lipinski definition) is 3. The number of hydrogen-bond donors (Lipinski definition) is 3. The van der Waals surface area contributed by atoms with E-state index in [1.807, 2.05) is 0 Å². The molecule has 4 nitrogen and oxygen atoms in total. The number of para-hydroxylation sites is 1. The van der Waals surface area contributed by atoms with Gasteiger partial charge in [0.25, 0.3) is 0 Å². The summed E-state index contributed by atoms with van der Waals surface area (Å²) in [7, 11) is 1.71. The van der Waals surface area contributed by atoms with Crippen LogP contribution in [0, 0.1) is 0 Å². The lowest BCUT2D eigenvalue weighted by molar-refractivity contribution is 0.0697. The molecule has 0 amide bonds. The molecule has 2 aromatic carbocycles. The van der Waals surface area contributed by atoms with Crippen molar-refractivity contribution >= 4 is 11.7 Å². The van der Waals surface area contributed by atoms with Gasteiger partial charge in [-0.2, -0.15) is 0 Å². The Morgan fingerprint density at radius 2 is 1.89 bits per heavy atom. The second-order valence-electron chi connectivity index (χ2n) is 3.84. The van der Waals surface area contributed by atoms with Gasteiger partial charge in [-0.05, 0) is 23.8 Å². The zero-order chi connectivity index (χ0) is 13.1. The molecule has 0 aliphatic carbocycles. The fourth-order valence-electron chi connectivity index (χ4n) is 1.80. The summed E-state index contributed by atoms with van der Waals surface area (Å²) in [6.45, 7) is 0. The van der Waals surface area contributed by atoms with Gasteiger partial charge in [-0.1, -0.05) is 24.3 Å². The Morgan fingerprint density at radius 3 is 2.56 bits per heavy atom. The molecule has 0 unspecified atom stereocenters. The Morgan fingerprint density at radius 1 is 1.17 bits per heavy atom. The molecule has 0 aliphatic heterocycles. The number of phenolic OH excluding ortho intramolecular Hbond substituents is 1. The van der Waals surface area contributed by atoms with E-state index in [0.29, 0.717) is 16.8 Å². The van der Waals surface area contributed by atoms with Gasteiger partial charge in [0.05, 0.1) is 11.3 Å². The monoisotopic (exact) mass is 243 g/mol. The molecule has 0 saturated carbocycles. The molecule has 2 rings (SSSR count). The van der Waals surface area contributed by atoms with Crippen LogP contribution in [-0.4, -0.2) is 23.2 Å². The molecule has 0 radical (unpaired) electrons. The molecule has 3 N–H and O–H groups in total. The second-order valence-corrected chi connectivity index (χ2v) is 3.84. The van der Waals surface area contributed by atoms with Gasteiger partial charge in [-0.3, -0.25) is 0 Å². The highest BCUT2D eigenvalue weighted by atomic mass is 16.4. The molecule has 0 fully saturated rings. The molecule has 0 aromatic heterocycles. The minimum Gasteiger partial charge on any atom is -0.505 e. The van der Waals surface area contributed by atoms with E-state index >= 15 is 0 Å². The minimum atomic E-state index is -0.985. The van der Waals surface area contributed by atoms with E-state index in [1.165, 1.54) is 12.1 Å². The standard InChI is InChI=1S/C14H13NO3/c1-15-12-7-3-6-11(13(12)16)9-4-2-5-10(8-9)14(17)18/h2-8,15-16H,1H3,(H,17,18). The maximum Gasteiger partial charge on any atom is 0.335 e. The summed E-state index contributed by atoms with van der Waals surface area (Å²) < 4.78 is 0. The average Bonchev–Trinajstić information content (AvgIpc) is 2.39. The van der Waals surface area contributed by atoms with Crippen molar-refractivity contribution in [2.75, 3.05) is 12.4 Å². The molecule has 0 heterocycles. The van der Waals surface area contributed by atoms with Crippen molar-refractivity contribution in [2.24, 2.45) is 0 Å². The van der Waals surface area contributed by atoms with Crippen LogP contribution in [0.3, 0.4) is 0 Å². The maximum atomic E-state index is 10.9. The van der Waals surface area contributed by atoms with Crippen LogP contribution in [0.15, 0.2) is 42.5 Å². The molecule has 0 saturated heterocycles. The zero-order valence-electron chi connectivity index (χ0n) is 9.84. The molecular weight excluding hydrogens is 230 g/mol. The molecule has 0 bridgehead atoms. The van der Waals surface area contributed by atoms with E-state index in [9.17, 15) is 9.90 Å². The maximum absolute atomic E-state index is 10.9. The van der Waals surface area contributed by atoms with Crippen molar-refractivity contribution in [3.8, 4) is 16.9 Å². The van der Waals surface area contributed by atoms with Crippen molar-refractivity contribution in [3.63, 3.8) is 0 Å². The van der Waals surface area contributed by atoms with Crippen LogP contribution in [0.25, 0.3) is 11.1 Å². The molecular formula is C14H13NO3. The first-order valence-electron chi connectivity index (χ1n) is 5.47. The van der Waals surface area contributed by atoms with E-state index in [-0.39, 0.29) is 11.3 Å². The number of nitrogens with one attached hydrogen (secondary N) is 1. The summed E-state index contributed by atoms with van der Waals surface area (Å²) in [4.78, 5) is 10.9. The lowest BCUT2D eigenvalue weighted by Gasteiger charge is -2.09. The average molecular weight is 243 g/mol. The number of carboxylic acids is 1. The number of rotatable bonds is 3. The third-order valence-electron chi connectivity index (χ3n) is 2.73. The Hall–Kier alpha value is -2.49. The number of carboxylic acid groups (broad SMARTS) is 1. The summed E-state index contributed by atoms with van der Waals surface area (Å²) >= 11 is 0. The topological polar surface area (TPSA) is 69.6 Å². The Bertz CT molecular complexity index is 593. The number of phenols is 1. The summed E-state index contributed by atoms with van der Waals surface area (Å²) in [5.41, 5.74) is 2.07. The highest BCUT2D eigenvalue weighted by molar-refractivity contribution is 5.90. The van der Waals surface area contributed by atoms with Crippen LogP contribution in [-0.2, 0) is 0 Å². The normalized spacial score (nSPS) is 10.1. The Kier molecular flexibility index (Phi) is 3.19. The lowest BCUT2D eigenvalue weighted by atomic mass is 10.0. The van der Waals surface area contributed by atoms with Gasteiger partial charge in [0.1, 0.15) is 5.75 Å². The molecule has 0 spiro atoms. The largest absolute Gasteiger partial charge is 0.505 e. The quantitative estimate of drug-likeness (QED) is 0.725. The van der Waals surface area contributed by atoms with Crippen molar-refractivity contribution in [1.29, 1.82) is 0 Å². The predicted octanol–water partition coefficient (Wildman–Crippen LogP) is 2.80. The van der Waals surface area contributed by atoms with Crippen LogP contribution in [0.5, 0.6) is 5.75 Å². The molecule has 92 valence electrons. The van der Waals surface area contributed by atoms with Gasteiger partial charge in [0.15, 0.2) is 0 Å². The SMILES string of the molecule is CNc1cccc(-c2cccc(C(=O)O)c2)c1O. The Balaban J connectivity index is 2.55. The van der Waals surface area contributed by atoms with E-state index in [1.54, 1.807) is 37.4 Å². The number of benzene rings is 2. The van der Waals surface area contributed by atoms with Crippen molar-refractivity contribution in [2.45, 2.75) is 0 Å². The first kappa shape index (κ1) is 12.0. The van der Waals surface area contributed by atoms with Crippen molar-refractivity contribution in [3.05, 3.63) is 48.0 Å². The summed E-state index contributed by atoms with van der Waals surface area (Å²) in [6, 6.07) is 11.8. The van der Waals surface area contributed by atoms with Gasteiger partial charge < -0.3 is 15.5 Å². The van der Waals surface area contributed by atoms with Gasteiger partial charge in [-0.15, -0.1) is 0 Å². The van der Waals surface area contributed by atoms with Crippen LogP contribution in [0.2, 0.25) is 0 Å². The first-order chi connectivity index (χ1) is 8.63. The number of carbonyl (C=O) groups is 1. The van der Waals surface area contributed by atoms with E-state index < -0.39 is 5.97 Å². The number of aromatic carboxylic acids is 1. The third kappa shape index (κ3) is 2.13. The molecule has 2 aromatic rings. The van der Waals surface area contributed by atoms with E-state index in [0.717, 1.165) is 0 Å². The fraction of sp³-hybridized carbons (Fsp3) is 0.0714. The van der Waals surface area contributed by atoms with Crippen LogP contribution in [0.1, 0.15) is 10.4 Å². The van der Waals surface area contributed by atoms with Crippen molar-refractivity contribution < 1.29 is 15.0 Å². The predicted molar refractivity (Wildman–Crippen MR) is 70.0 cm³/mol. The minimum absolute atomic E-state index is 0.113. The first-order valence-corrected chi connectivity index (χ1v) is 5.47. The number of anilines is 1. The summed E-state index contributed by atoms with van der Waals surface area (Å²) in [5, 5.41) is 21.9. The Labute approximate surface area is 105 Å². The number of aromatic hydroxyl groups is 1. The summed E-state index contributed by atoms with van der Waals surface area (Å²) in [6.07, 6.45) is 0. The van der Waals surface area contributed by atoms with Crippen molar-refractivity contribution in [1.82, 2.24) is 0 Å². The van der Waals surface area contributed by atoms with Crippen LogP contribution >= 0.6 is 0 Å². The highest BCUT2D eigenvalue weighted by Crippen LogP contribution is 2.35. The second kappa shape index (κ2) is 4.79. The molecule has 18 heavy (non-hydrogen) atoms. The lowest BCUT2D eigenvalue weighted by Crippen LogP contribution is -1.96. The highest BCUT2D eigenvalue weighted by Gasteiger charge is 2.10. The smallest absolute Gasteiger partial charge is 0.335 e. The zero-order valence-corrected chi connectivity index (χ0v) is 9.84. The molecule has 4 heteroatoms. The summed E-state index contributed by atoms with van der Waals surface area (Å²) in [5.74, 6) is -0.872. The van der Waals surface area contributed by atoms with Gasteiger partial charge >= 0.3 is 5.97 Å². The van der Waals surface area contributed by atoms with Gasteiger partial charge in [0.2, 0.25) is 0 Å². The third-order valence-corrected chi connectivity index (χ3v) is 2.73. The van der Waals surface area contributed by atoms with Crippen LogP contribution in [0.4, 0.5) is 5.69 Å². The fourth-order valence-corrected chi connectivity index (χ4v) is 1.80. The van der Waals surface area contributed by atoms with Gasteiger partial charge in [0, 0.05) is 12.6 Å². The van der Waals surface area contributed by atoms with Gasteiger partial charge in [-0.25, -0.2) is 4.79 Å². The molecule has 0 aliphatic rings. The molecule has 0 atom stereocenters. The van der Waals surface area contributed by atoms with Crippen LogP contribution < -0.4 is 5.32 Å². The van der Waals surface area contributed by atoms with E-state index in [2.05, 4.69) is 5.32 Å². The van der Waals surface area contributed by atoms with E-state index in [4.69, 9.17) is 5.11 Å².